The lowest BCUT2D eigenvalue weighted by atomic mass is 10.1. The van der Waals surface area contributed by atoms with Crippen LogP contribution in [0, 0.1) is 6.92 Å². The molecule has 0 spiro atoms. The Labute approximate surface area is 201 Å². The molecule has 4 heteroatoms. The maximum absolute atomic E-state index is 4.53. The van der Waals surface area contributed by atoms with Crippen LogP contribution in [0.1, 0.15) is 61.4 Å². The summed E-state index contributed by atoms with van der Waals surface area (Å²) < 4.78 is 1.29. The fourth-order valence-electron chi connectivity index (χ4n) is 3.24. The van der Waals surface area contributed by atoms with Gasteiger partial charge in [0.15, 0.2) is 0 Å². The van der Waals surface area contributed by atoms with Crippen molar-refractivity contribution in [3.63, 3.8) is 0 Å². The number of rotatable bonds is 3. The second-order valence-corrected chi connectivity index (χ2v) is 9.62. The van der Waals surface area contributed by atoms with Crippen LogP contribution >= 0.6 is 11.3 Å². The molecular weight excluding hydrogens is 422 g/mol. The first-order chi connectivity index (χ1) is 15.9. The molecule has 170 valence electrons. The van der Waals surface area contributed by atoms with Crippen molar-refractivity contribution < 1.29 is 0 Å². The smallest absolute Gasteiger partial charge is 0.137 e. The summed E-state index contributed by atoms with van der Waals surface area (Å²) in [5.74, 6) is 1.08. The largest absolute Gasteiger partial charge is 0.343 e. The number of aryl methyl sites for hydroxylation is 1. The van der Waals surface area contributed by atoms with E-state index in [-0.39, 0.29) is 0 Å². The molecular formula is C29H33N3S. The first-order valence-corrected chi connectivity index (χ1v) is 12.2. The van der Waals surface area contributed by atoms with Gasteiger partial charge in [-0.2, -0.15) is 0 Å². The zero-order valence-corrected chi connectivity index (χ0v) is 21.0. The van der Waals surface area contributed by atoms with E-state index in [2.05, 4.69) is 98.6 Å². The average molecular weight is 456 g/mol. The summed E-state index contributed by atoms with van der Waals surface area (Å²) in [6.45, 7) is 14.5. The maximum Gasteiger partial charge on any atom is 0.137 e. The summed E-state index contributed by atoms with van der Waals surface area (Å²) in [5.41, 5.74) is 5.88. The third-order valence-corrected chi connectivity index (χ3v) is 6.58. The number of nitrogens with zero attached hydrogens (tertiary/aromatic N) is 2. The highest BCUT2D eigenvalue weighted by Gasteiger charge is 2.05. The van der Waals surface area contributed by atoms with Crippen molar-refractivity contribution in [1.82, 2.24) is 15.0 Å². The fraction of sp³-hybridized carbons (Fsp3) is 0.241. The predicted octanol–water partition coefficient (Wildman–Crippen LogP) is 8.74. The monoisotopic (exact) mass is 455 g/mol. The topological polar surface area (TPSA) is 41.6 Å². The quantitative estimate of drug-likeness (QED) is 0.295. The van der Waals surface area contributed by atoms with Crippen molar-refractivity contribution in [2.75, 3.05) is 0 Å². The minimum absolute atomic E-state index is 0.541. The molecule has 0 atom stereocenters. The van der Waals surface area contributed by atoms with Crippen LogP contribution in [0.5, 0.6) is 0 Å². The highest BCUT2D eigenvalue weighted by molar-refractivity contribution is 7.18. The van der Waals surface area contributed by atoms with E-state index in [9.17, 15) is 0 Å². The normalized spacial score (nSPS) is 10.6. The lowest BCUT2D eigenvalue weighted by Gasteiger charge is -1.97. The van der Waals surface area contributed by atoms with Gasteiger partial charge in [0.1, 0.15) is 5.65 Å². The van der Waals surface area contributed by atoms with Gasteiger partial charge in [-0.1, -0.05) is 76.7 Å². The standard InChI is InChI=1S/C10H12N2.C10H11NS.C9H10/c1-7(2)9-6-8-4-3-5-11-10(8)12-9;1-7(2)10-11-8-5-3-4-6-9(8)12-10;1-3-9-7-5-4-6-8(9)2/h3-7H,1-2H3,(H,11,12);3-7H,1-2H3;3-7H,1H2,2H3. The number of fused-ring (bicyclic) bond motifs is 2. The molecule has 0 saturated heterocycles. The van der Waals surface area contributed by atoms with Crippen molar-refractivity contribution in [2.24, 2.45) is 0 Å². The van der Waals surface area contributed by atoms with E-state index >= 15 is 0 Å². The fourth-order valence-corrected chi connectivity index (χ4v) is 4.21. The van der Waals surface area contributed by atoms with Crippen LogP contribution in [0.25, 0.3) is 27.3 Å². The van der Waals surface area contributed by atoms with E-state index in [1.807, 2.05) is 36.5 Å². The number of para-hydroxylation sites is 1. The molecule has 5 rings (SSSR count). The molecule has 1 N–H and O–H groups in total. The first kappa shape index (κ1) is 24.4. The Kier molecular flexibility index (Phi) is 8.56. The van der Waals surface area contributed by atoms with Gasteiger partial charge in [-0.3, -0.25) is 0 Å². The van der Waals surface area contributed by atoms with Crippen LogP contribution in [0.4, 0.5) is 0 Å². The van der Waals surface area contributed by atoms with Gasteiger partial charge in [-0.15, -0.1) is 11.3 Å². The van der Waals surface area contributed by atoms with Crippen LogP contribution in [0.2, 0.25) is 0 Å². The van der Waals surface area contributed by atoms with E-state index < -0.39 is 0 Å². The summed E-state index contributed by atoms with van der Waals surface area (Å²) in [6.07, 6.45) is 3.68. The zero-order valence-electron chi connectivity index (χ0n) is 20.2. The van der Waals surface area contributed by atoms with Crippen molar-refractivity contribution >= 4 is 38.7 Å². The van der Waals surface area contributed by atoms with Crippen molar-refractivity contribution in [2.45, 2.75) is 46.5 Å². The molecule has 0 aliphatic carbocycles. The molecule has 0 saturated carbocycles. The molecule has 3 aromatic heterocycles. The van der Waals surface area contributed by atoms with Crippen molar-refractivity contribution in [1.29, 1.82) is 0 Å². The number of nitrogens with one attached hydrogen (secondary N) is 1. The summed E-state index contributed by atoms with van der Waals surface area (Å²) in [5, 5.41) is 2.43. The van der Waals surface area contributed by atoms with Crippen LogP contribution in [-0.4, -0.2) is 15.0 Å². The third kappa shape index (κ3) is 6.62. The Morgan fingerprint density at radius 3 is 2.24 bits per heavy atom. The van der Waals surface area contributed by atoms with Gasteiger partial charge in [0.05, 0.1) is 15.2 Å². The second kappa shape index (κ2) is 11.6. The van der Waals surface area contributed by atoms with Gasteiger partial charge in [0, 0.05) is 23.2 Å². The van der Waals surface area contributed by atoms with E-state index in [1.165, 1.54) is 31.9 Å². The molecule has 0 bridgehead atoms. The molecule has 0 fully saturated rings. The van der Waals surface area contributed by atoms with E-state index in [1.54, 1.807) is 11.3 Å². The highest BCUT2D eigenvalue weighted by Crippen LogP contribution is 2.26. The maximum atomic E-state index is 4.53. The predicted molar refractivity (Wildman–Crippen MR) is 145 cm³/mol. The number of aromatic nitrogens is 3. The number of benzene rings is 2. The summed E-state index contributed by atoms with van der Waals surface area (Å²) in [7, 11) is 0. The molecule has 0 unspecified atom stereocenters. The van der Waals surface area contributed by atoms with E-state index in [0.717, 1.165) is 11.2 Å². The highest BCUT2D eigenvalue weighted by atomic mass is 32.1. The van der Waals surface area contributed by atoms with E-state index in [4.69, 9.17) is 0 Å². The minimum atomic E-state index is 0.541. The summed E-state index contributed by atoms with van der Waals surface area (Å²) in [4.78, 5) is 12.0. The van der Waals surface area contributed by atoms with Crippen LogP contribution in [0.3, 0.4) is 0 Å². The number of aromatic amines is 1. The van der Waals surface area contributed by atoms with Crippen molar-refractivity contribution in [3.8, 4) is 0 Å². The summed E-state index contributed by atoms with van der Waals surface area (Å²) >= 11 is 1.79. The molecule has 3 heterocycles. The van der Waals surface area contributed by atoms with E-state index in [0.29, 0.717) is 11.8 Å². The molecule has 0 aliphatic rings. The molecule has 0 radical (unpaired) electrons. The Balaban J connectivity index is 0.000000141. The third-order valence-electron chi connectivity index (χ3n) is 5.25. The van der Waals surface area contributed by atoms with Gasteiger partial charge in [-0.25, -0.2) is 9.97 Å². The Hall–Kier alpha value is -3.24. The zero-order chi connectivity index (χ0) is 23.8. The van der Waals surface area contributed by atoms with Gasteiger partial charge in [0.2, 0.25) is 0 Å². The number of H-pyrrole nitrogens is 1. The molecule has 33 heavy (non-hydrogen) atoms. The Bertz CT molecular complexity index is 1170. The minimum Gasteiger partial charge on any atom is -0.343 e. The van der Waals surface area contributed by atoms with Crippen LogP contribution < -0.4 is 0 Å². The summed E-state index contributed by atoms with van der Waals surface area (Å²) in [6, 6.07) is 22.7. The van der Waals surface area contributed by atoms with Crippen molar-refractivity contribution in [3.05, 3.63) is 101 Å². The Morgan fingerprint density at radius 1 is 0.909 bits per heavy atom. The Morgan fingerprint density at radius 2 is 1.64 bits per heavy atom. The number of pyridine rings is 1. The molecule has 0 aliphatic heterocycles. The lowest BCUT2D eigenvalue weighted by Crippen LogP contribution is -1.85. The SMILES string of the molecule is C=Cc1ccccc1C.CC(C)c1cc2cccnc2[nH]1.CC(C)c1nc2ccccc2s1. The van der Waals surface area contributed by atoms with Crippen LogP contribution in [0.15, 0.2) is 79.5 Å². The van der Waals surface area contributed by atoms with Gasteiger partial charge < -0.3 is 4.98 Å². The molecule has 5 aromatic rings. The average Bonchev–Trinajstić information content (AvgIpc) is 3.45. The lowest BCUT2D eigenvalue weighted by molar-refractivity contribution is 0.835. The van der Waals surface area contributed by atoms with Gasteiger partial charge in [-0.05, 0) is 54.3 Å². The number of hydrogen-bond donors (Lipinski definition) is 1. The first-order valence-electron chi connectivity index (χ1n) is 11.4. The second-order valence-electron chi connectivity index (χ2n) is 8.56. The number of thiazole rings is 1. The van der Waals surface area contributed by atoms with Gasteiger partial charge >= 0.3 is 0 Å². The molecule has 0 amide bonds. The molecule has 3 nitrogen and oxygen atoms in total. The van der Waals surface area contributed by atoms with Crippen LogP contribution in [-0.2, 0) is 0 Å². The molecule has 2 aromatic carbocycles. The van der Waals surface area contributed by atoms with Gasteiger partial charge in [0.25, 0.3) is 0 Å². The number of hydrogen-bond acceptors (Lipinski definition) is 3.